The monoisotopic (exact) mass is 571 g/mol. The first kappa shape index (κ1) is 29.8. The number of hydrogen-bond acceptors (Lipinski definition) is 5. The summed E-state index contributed by atoms with van der Waals surface area (Å²) in [5, 5.41) is 11.1. The van der Waals surface area contributed by atoms with E-state index in [0.29, 0.717) is 48.1 Å². The van der Waals surface area contributed by atoms with Gasteiger partial charge in [0.1, 0.15) is 12.4 Å². The van der Waals surface area contributed by atoms with Crippen molar-refractivity contribution in [3.05, 3.63) is 35.6 Å². The number of aliphatic imine (C=N–C) groups is 1. The maximum atomic E-state index is 13.0. The van der Waals surface area contributed by atoms with Gasteiger partial charge in [0.15, 0.2) is 0 Å². The van der Waals surface area contributed by atoms with Crippen LogP contribution in [0.25, 0.3) is 0 Å². The Morgan fingerprint density at radius 1 is 1.23 bits per heavy atom. The summed E-state index contributed by atoms with van der Waals surface area (Å²) in [5.41, 5.74) is 0.594. The molecule has 222 valence electrons. The number of allylic oxidation sites excluding steroid dienone is 3. The number of halogens is 1. The fraction of sp³-hybridized carbons (Fsp3) is 0.758. The second-order valence-electron chi connectivity index (χ2n) is 13.4. The average molecular weight is 572 g/mol. The molecule has 0 radical (unpaired) electrons. The van der Waals surface area contributed by atoms with E-state index in [1.54, 1.807) is 0 Å². The van der Waals surface area contributed by atoms with Crippen molar-refractivity contribution in [1.29, 1.82) is 0 Å². The fourth-order valence-electron chi connectivity index (χ4n) is 7.62. The summed E-state index contributed by atoms with van der Waals surface area (Å²) in [6.45, 7) is 10.4. The molecule has 3 aliphatic heterocycles. The lowest BCUT2D eigenvalue weighted by Crippen LogP contribution is -2.45. The molecular weight excluding hydrogens is 522 g/mol. The van der Waals surface area contributed by atoms with E-state index < -0.39 is 5.60 Å². The predicted octanol–water partition coefficient (Wildman–Crippen LogP) is 5.75. The molecule has 40 heavy (non-hydrogen) atoms. The first-order chi connectivity index (χ1) is 19.2. The highest BCUT2D eigenvalue weighted by Crippen LogP contribution is 2.44. The maximum absolute atomic E-state index is 13.0. The number of fused-ring (bicyclic) bond motifs is 1. The van der Waals surface area contributed by atoms with Crippen LogP contribution in [0.1, 0.15) is 78.6 Å². The molecule has 5 rings (SSSR count). The van der Waals surface area contributed by atoms with Crippen molar-refractivity contribution in [1.82, 2.24) is 9.80 Å². The van der Waals surface area contributed by atoms with Gasteiger partial charge in [-0.3, -0.25) is 9.79 Å². The van der Waals surface area contributed by atoms with Gasteiger partial charge in [0, 0.05) is 55.5 Å². The number of amides is 1. The van der Waals surface area contributed by atoms with E-state index in [9.17, 15) is 9.90 Å². The summed E-state index contributed by atoms with van der Waals surface area (Å²) in [7, 11) is 0. The summed E-state index contributed by atoms with van der Waals surface area (Å²) in [4.78, 5) is 22.6. The number of dihydropyridines is 1. The average Bonchev–Trinajstić information content (AvgIpc) is 3.35. The molecule has 0 bridgehead atoms. The molecule has 2 aliphatic carbocycles. The van der Waals surface area contributed by atoms with Gasteiger partial charge in [-0.25, -0.2) is 0 Å². The Labute approximate surface area is 246 Å². The number of likely N-dealkylation sites (tertiary alicyclic amines) is 1. The molecule has 1 saturated carbocycles. The third kappa shape index (κ3) is 7.04. The predicted molar refractivity (Wildman–Crippen MR) is 163 cm³/mol. The molecule has 6 nitrogen and oxygen atoms in total. The summed E-state index contributed by atoms with van der Waals surface area (Å²) < 4.78 is 6.30. The number of alkyl halides is 1. The topological polar surface area (TPSA) is 65.4 Å². The van der Waals surface area contributed by atoms with Crippen LogP contribution in [0.3, 0.4) is 0 Å². The zero-order valence-corrected chi connectivity index (χ0v) is 25.6. The lowest BCUT2D eigenvalue weighted by Gasteiger charge is -2.35. The van der Waals surface area contributed by atoms with Crippen LogP contribution in [0.5, 0.6) is 0 Å². The fourth-order valence-corrected chi connectivity index (χ4v) is 7.87. The zero-order chi connectivity index (χ0) is 28.3. The molecule has 3 heterocycles. The molecule has 7 heteroatoms. The minimum atomic E-state index is -0.762. The van der Waals surface area contributed by atoms with Crippen molar-refractivity contribution in [2.45, 2.75) is 102 Å². The number of hydrogen-bond donors (Lipinski definition) is 1. The van der Waals surface area contributed by atoms with Crippen LogP contribution in [0.15, 0.2) is 40.6 Å². The Morgan fingerprint density at radius 3 is 2.77 bits per heavy atom. The Hall–Kier alpha value is -1.63. The molecule has 5 atom stereocenters. The smallest absolute Gasteiger partial charge is 0.222 e. The van der Waals surface area contributed by atoms with Crippen molar-refractivity contribution in [3.8, 4) is 0 Å². The Balaban J connectivity index is 1.20. The molecule has 0 aromatic carbocycles. The van der Waals surface area contributed by atoms with E-state index in [0.717, 1.165) is 83.3 Å². The van der Waals surface area contributed by atoms with Gasteiger partial charge in [-0.2, -0.15) is 0 Å². The van der Waals surface area contributed by atoms with E-state index >= 15 is 0 Å². The second kappa shape index (κ2) is 13.1. The first-order valence-corrected chi connectivity index (χ1v) is 16.3. The Kier molecular flexibility index (Phi) is 9.79. The first-order valence-electron chi connectivity index (χ1n) is 15.8. The molecule has 0 aromatic heterocycles. The minimum absolute atomic E-state index is 0.0888. The van der Waals surface area contributed by atoms with Gasteiger partial charge < -0.3 is 19.6 Å². The second-order valence-corrected chi connectivity index (χ2v) is 14.0. The summed E-state index contributed by atoms with van der Waals surface area (Å²) >= 11 is 6.35. The Bertz CT molecular complexity index is 1010. The molecule has 1 amide bonds. The third-order valence-corrected chi connectivity index (χ3v) is 10.6. The van der Waals surface area contributed by atoms with Crippen molar-refractivity contribution in [3.63, 3.8) is 0 Å². The molecule has 1 N–H and O–H groups in total. The zero-order valence-electron chi connectivity index (χ0n) is 24.8. The normalized spacial score (nSPS) is 34.3. The number of carbonyl (C=O) groups is 1. The lowest BCUT2D eigenvalue weighted by atomic mass is 9.72. The Morgan fingerprint density at radius 2 is 2.02 bits per heavy atom. The largest absolute Gasteiger partial charge is 0.491 e. The number of ether oxygens (including phenoxy) is 1. The van der Waals surface area contributed by atoms with Crippen molar-refractivity contribution in [2.75, 3.05) is 32.8 Å². The SMILES string of the molecule is CCC(=O)N(CC1CCC(Cl)CC1)[C@H]1CCN(CCCC2C3=C(C=CC(C(C)(C)O)C3)OCC3N=CC=CC32)C1. The van der Waals surface area contributed by atoms with Crippen LogP contribution in [0.2, 0.25) is 0 Å². The van der Waals surface area contributed by atoms with E-state index in [4.69, 9.17) is 21.3 Å². The van der Waals surface area contributed by atoms with Gasteiger partial charge in [-0.15, -0.1) is 11.6 Å². The number of carbonyl (C=O) groups excluding carboxylic acids is 1. The highest BCUT2D eigenvalue weighted by Gasteiger charge is 2.40. The molecule has 4 unspecified atom stereocenters. The van der Waals surface area contributed by atoms with E-state index in [2.05, 4.69) is 34.1 Å². The quantitative estimate of drug-likeness (QED) is 0.358. The van der Waals surface area contributed by atoms with Crippen molar-refractivity contribution in [2.24, 2.45) is 28.7 Å². The summed E-state index contributed by atoms with van der Waals surface area (Å²) in [6.07, 6.45) is 19.7. The van der Waals surface area contributed by atoms with Crippen LogP contribution in [0.4, 0.5) is 0 Å². The number of nitrogens with zero attached hydrogens (tertiary/aromatic N) is 3. The van der Waals surface area contributed by atoms with Crippen LogP contribution in [-0.2, 0) is 9.53 Å². The van der Waals surface area contributed by atoms with Crippen LogP contribution >= 0.6 is 11.6 Å². The van der Waals surface area contributed by atoms with Gasteiger partial charge in [-0.1, -0.05) is 19.1 Å². The maximum Gasteiger partial charge on any atom is 0.222 e. The lowest BCUT2D eigenvalue weighted by molar-refractivity contribution is -0.133. The van der Waals surface area contributed by atoms with Gasteiger partial charge in [0.25, 0.3) is 0 Å². The van der Waals surface area contributed by atoms with Gasteiger partial charge >= 0.3 is 0 Å². The van der Waals surface area contributed by atoms with Crippen molar-refractivity contribution >= 4 is 23.7 Å². The third-order valence-electron chi connectivity index (χ3n) is 10.1. The standard InChI is InChI=1S/C33H50ClN3O3/c1-4-32(38)37(20-23-9-12-25(34)13-10-23)26-15-18-36(21-26)17-6-8-27-28-7-5-16-35-30(28)22-40-31-14-11-24(19-29(27)31)33(2,3)39/h5,7,11,14,16,23-28,30,39H,4,6,8-10,12-13,15,17-22H2,1-3H3/t23?,24?,25?,26-,27?,28?,30?/m0/s1. The molecule has 1 saturated heterocycles. The molecule has 2 fully saturated rings. The minimum Gasteiger partial charge on any atom is -0.491 e. The van der Waals surface area contributed by atoms with E-state index in [1.165, 1.54) is 5.57 Å². The molecule has 0 spiro atoms. The van der Waals surface area contributed by atoms with Crippen LogP contribution < -0.4 is 0 Å². The van der Waals surface area contributed by atoms with Gasteiger partial charge in [0.2, 0.25) is 5.91 Å². The summed E-state index contributed by atoms with van der Waals surface area (Å²) in [6, 6.07) is 0.478. The van der Waals surface area contributed by atoms with Crippen LogP contribution in [-0.4, -0.2) is 82.9 Å². The van der Waals surface area contributed by atoms with Crippen molar-refractivity contribution < 1.29 is 14.6 Å². The molecule has 5 aliphatic rings. The van der Waals surface area contributed by atoms with Gasteiger partial charge in [0.05, 0.1) is 11.6 Å². The number of aliphatic hydroxyl groups is 1. The molecule has 0 aromatic rings. The van der Waals surface area contributed by atoms with E-state index in [1.807, 2.05) is 27.0 Å². The number of rotatable bonds is 9. The van der Waals surface area contributed by atoms with E-state index in [-0.39, 0.29) is 12.0 Å². The summed E-state index contributed by atoms with van der Waals surface area (Å²) in [5.74, 6) is 2.68. The van der Waals surface area contributed by atoms with Gasteiger partial charge in [-0.05, 0) is 101 Å². The highest BCUT2D eigenvalue weighted by molar-refractivity contribution is 6.20. The van der Waals surface area contributed by atoms with Crippen LogP contribution in [0, 0.1) is 23.7 Å². The highest BCUT2D eigenvalue weighted by atomic mass is 35.5. The molecular formula is C33H50ClN3O3.